The molecule has 2 aromatic rings. The van der Waals surface area contributed by atoms with Crippen molar-refractivity contribution in [2.24, 2.45) is 0 Å². The van der Waals surface area contributed by atoms with Crippen LogP contribution in [0.2, 0.25) is 5.02 Å². The molecule has 1 amide bonds. The van der Waals surface area contributed by atoms with Crippen molar-refractivity contribution in [2.45, 2.75) is 20.4 Å². The van der Waals surface area contributed by atoms with Gasteiger partial charge in [-0.15, -0.1) is 0 Å². The topological polar surface area (TPSA) is 68.0 Å². The van der Waals surface area contributed by atoms with Crippen LogP contribution in [0, 0.1) is 13.8 Å². The predicted molar refractivity (Wildman–Crippen MR) is 66.4 cm³/mol. The number of hydrogen-bond donors (Lipinski definition) is 1. The van der Waals surface area contributed by atoms with Crippen molar-refractivity contribution in [2.75, 3.05) is 0 Å². The lowest BCUT2D eigenvalue weighted by Crippen LogP contribution is -2.24. The molecule has 0 bridgehead atoms. The van der Waals surface area contributed by atoms with Gasteiger partial charge >= 0.3 is 0 Å². The van der Waals surface area contributed by atoms with Gasteiger partial charge in [0.2, 0.25) is 0 Å². The average Bonchev–Trinajstić information content (AvgIpc) is 2.66. The maximum Gasteiger partial charge on any atom is 0.270 e. The molecule has 94 valence electrons. The summed E-state index contributed by atoms with van der Waals surface area (Å²) in [7, 11) is 0. The molecule has 0 aliphatic heterocycles. The molecular formula is C12H12ClN3O2. The highest BCUT2D eigenvalue weighted by atomic mass is 35.5. The third kappa shape index (κ3) is 2.68. The third-order valence-corrected chi connectivity index (χ3v) is 2.80. The SMILES string of the molecule is Cc1noc(C)c1CNC(=O)c1cc(Cl)ccn1. The number of pyridine rings is 1. The minimum atomic E-state index is -0.280. The van der Waals surface area contributed by atoms with E-state index in [2.05, 4.69) is 15.5 Å². The van der Waals surface area contributed by atoms with E-state index in [4.69, 9.17) is 16.1 Å². The fourth-order valence-electron chi connectivity index (χ4n) is 1.54. The van der Waals surface area contributed by atoms with E-state index < -0.39 is 0 Å². The number of rotatable bonds is 3. The molecule has 0 radical (unpaired) electrons. The lowest BCUT2D eigenvalue weighted by Gasteiger charge is -2.04. The Hall–Kier alpha value is -1.88. The summed E-state index contributed by atoms with van der Waals surface area (Å²) in [6, 6.07) is 3.14. The number of carbonyl (C=O) groups excluding carboxylic acids is 1. The zero-order chi connectivity index (χ0) is 13.1. The third-order valence-electron chi connectivity index (χ3n) is 2.56. The maximum atomic E-state index is 11.8. The summed E-state index contributed by atoms with van der Waals surface area (Å²) in [5.74, 6) is 0.421. The summed E-state index contributed by atoms with van der Waals surface area (Å²) in [4.78, 5) is 15.8. The van der Waals surface area contributed by atoms with Gasteiger partial charge in [0.25, 0.3) is 5.91 Å². The lowest BCUT2D eigenvalue weighted by atomic mass is 10.2. The van der Waals surface area contributed by atoms with Crippen LogP contribution in [-0.2, 0) is 6.54 Å². The van der Waals surface area contributed by atoms with Crippen molar-refractivity contribution in [1.29, 1.82) is 0 Å². The summed E-state index contributed by atoms with van der Waals surface area (Å²) in [5, 5.41) is 7.05. The largest absolute Gasteiger partial charge is 0.361 e. The second-order valence-electron chi connectivity index (χ2n) is 3.84. The monoisotopic (exact) mass is 265 g/mol. The van der Waals surface area contributed by atoms with Crippen LogP contribution in [-0.4, -0.2) is 16.0 Å². The van der Waals surface area contributed by atoms with Crippen molar-refractivity contribution < 1.29 is 9.32 Å². The van der Waals surface area contributed by atoms with Crippen LogP contribution in [0.5, 0.6) is 0 Å². The van der Waals surface area contributed by atoms with Crippen LogP contribution < -0.4 is 5.32 Å². The predicted octanol–water partition coefficient (Wildman–Crippen LogP) is 2.27. The van der Waals surface area contributed by atoms with Crippen molar-refractivity contribution in [3.8, 4) is 0 Å². The Bertz CT molecular complexity index is 561. The van der Waals surface area contributed by atoms with Crippen LogP contribution >= 0.6 is 11.6 Å². The van der Waals surface area contributed by atoms with E-state index in [0.29, 0.717) is 17.3 Å². The average molecular weight is 266 g/mol. The maximum absolute atomic E-state index is 11.8. The lowest BCUT2D eigenvalue weighted by molar-refractivity contribution is 0.0946. The fraction of sp³-hybridized carbons (Fsp3) is 0.250. The minimum Gasteiger partial charge on any atom is -0.361 e. The molecule has 0 fully saturated rings. The van der Waals surface area contributed by atoms with Crippen LogP contribution in [0.25, 0.3) is 0 Å². The Balaban J connectivity index is 2.05. The van der Waals surface area contributed by atoms with E-state index in [1.165, 1.54) is 12.3 Å². The molecule has 0 unspecified atom stereocenters. The molecule has 2 rings (SSSR count). The molecule has 2 aromatic heterocycles. The first-order valence-corrected chi connectivity index (χ1v) is 5.77. The van der Waals surface area contributed by atoms with Gasteiger partial charge in [-0.1, -0.05) is 16.8 Å². The number of nitrogens with one attached hydrogen (secondary N) is 1. The van der Waals surface area contributed by atoms with Crippen molar-refractivity contribution in [3.63, 3.8) is 0 Å². The van der Waals surface area contributed by atoms with Crippen LogP contribution in [0.1, 0.15) is 27.5 Å². The fourth-order valence-corrected chi connectivity index (χ4v) is 1.70. The summed E-state index contributed by atoms with van der Waals surface area (Å²) < 4.78 is 5.01. The van der Waals surface area contributed by atoms with Gasteiger partial charge in [-0.25, -0.2) is 0 Å². The van der Waals surface area contributed by atoms with Crippen LogP contribution in [0.15, 0.2) is 22.9 Å². The molecule has 1 N–H and O–H groups in total. The number of nitrogens with zero attached hydrogens (tertiary/aromatic N) is 2. The van der Waals surface area contributed by atoms with Crippen molar-refractivity contribution in [3.05, 3.63) is 46.1 Å². The van der Waals surface area contributed by atoms with Gasteiger partial charge in [0, 0.05) is 23.3 Å². The van der Waals surface area contributed by atoms with E-state index >= 15 is 0 Å². The Morgan fingerprint density at radius 1 is 1.50 bits per heavy atom. The first-order valence-electron chi connectivity index (χ1n) is 5.39. The highest BCUT2D eigenvalue weighted by Gasteiger charge is 2.12. The van der Waals surface area contributed by atoms with Crippen LogP contribution in [0.4, 0.5) is 0 Å². The van der Waals surface area contributed by atoms with Gasteiger partial charge in [0.15, 0.2) is 0 Å². The molecule has 18 heavy (non-hydrogen) atoms. The minimum absolute atomic E-state index is 0.280. The standard InChI is InChI=1S/C12H12ClN3O2/c1-7-10(8(2)18-16-7)6-15-12(17)11-5-9(13)3-4-14-11/h3-5H,6H2,1-2H3,(H,15,17). The number of carbonyl (C=O) groups is 1. The highest BCUT2D eigenvalue weighted by molar-refractivity contribution is 6.30. The Labute approximate surface area is 109 Å². The molecule has 0 aliphatic carbocycles. The normalized spacial score (nSPS) is 10.4. The molecule has 2 heterocycles. The zero-order valence-electron chi connectivity index (χ0n) is 10.0. The Morgan fingerprint density at radius 3 is 2.89 bits per heavy atom. The zero-order valence-corrected chi connectivity index (χ0v) is 10.8. The Kier molecular flexibility index (Phi) is 3.62. The molecule has 0 spiro atoms. The molecule has 0 atom stereocenters. The van der Waals surface area contributed by atoms with Gasteiger partial charge in [0.05, 0.1) is 5.69 Å². The molecule has 6 heteroatoms. The van der Waals surface area contributed by atoms with E-state index in [9.17, 15) is 4.79 Å². The second-order valence-corrected chi connectivity index (χ2v) is 4.28. The molecule has 0 aromatic carbocycles. The Morgan fingerprint density at radius 2 is 2.28 bits per heavy atom. The van der Waals surface area contributed by atoms with Crippen molar-refractivity contribution >= 4 is 17.5 Å². The first-order chi connectivity index (χ1) is 8.58. The second kappa shape index (κ2) is 5.18. The van der Waals surface area contributed by atoms with Crippen LogP contribution in [0.3, 0.4) is 0 Å². The summed E-state index contributed by atoms with van der Waals surface area (Å²) in [5.41, 5.74) is 1.94. The summed E-state index contributed by atoms with van der Waals surface area (Å²) in [6.45, 7) is 3.99. The molecule has 0 aliphatic rings. The van der Waals surface area contributed by atoms with Crippen molar-refractivity contribution in [1.82, 2.24) is 15.5 Å². The molecule has 5 nitrogen and oxygen atoms in total. The number of amides is 1. The molecular weight excluding hydrogens is 254 g/mol. The number of aromatic nitrogens is 2. The number of hydrogen-bond acceptors (Lipinski definition) is 4. The van der Waals surface area contributed by atoms with E-state index in [1.54, 1.807) is 13.0 Å². The van der Waals surface area contributed by atoms with Gasteiger partial charge < -0.3 is 9.84 Å². The smallest absolute Gasteiger partial charge is 0.270 e. The summed E-state index contributed by atoms with van der Waals surface area (Å²) >= 11 is 5.79. The molecule has 0 saturated heterocycles. The molecule has 0 saturated carbocycles. The van der Waals surface area contributed by atoms with E-state index in [1.807, 2.05) is 6.92 Å². The van der Waals surface area contributed by atoms with Gasteiger partial charge in [0.1, 0.15) is 11.5 Å². The van der Waals surface area contributed by atoms with Gasteiger partial charge in [-0.2, -0.15) is 0 Å². The van der Waals surface area contributed by atoms with Gasteiger partial charge in [-0.3, -0.25) is 9.78 Å². The quantitative estimate of drug-likeness (QED) is 0.924. The number of aryl methyl sites for hydroxylation is 2. The van der Waals surface area contributed by atoms with E-state index in [-0.39, 0.29) is 11.6 Å². The first kappa shape index (κ1) is 12.6. The van der Waals surface area contributed by atoms with Gasteiger partial charge in [-0.05, 0) is 26.0 Å². The highest BCUT2D eigenvalue weighted by Crippen LogP contribution is 2.12. The number of halogens is 1. The van der Waals surface area contributed by atoms with E-state index in [0.717, 1.165) is 11.3 Å². The summed E-state index contributed by atoms with van der Waals surface area (Å²) in [6.07, 6.45) is 1.49.